The van der Waals surface area contributed by atoms with Gasteiger partial charge in [-0.2, -0.15) is 0 Å². The Balaban J connectivity index is 1.44. The van der Waals surface area contributed by atoms with E-state index in [4.69, 9.17) is 0 Å². The molecule has 1 saturated heterocycles. The number of rotatable bonds is 4. The molecule has 1 aromatic carbocycles. The van der Waals surface area contributed by atoms with E-state index in [1.54, 1.807) is 0 Å². The van der Waals surface area contributed by atoms with Crippen molar-refractivity contribution in [1.82, 2.24) is 9.88 Å². The second-order valence-corrected chi connectivity index (χ2v) is 6.40. The second-order valence-electron chi connectivity index (χ2n) is 6.40. The first-order chi connectivity index (χ1) is 11.3. The Morgan fingerprint density at radius 3 is 2.17 bits per heavy atom. The van der Waals surface area contributed by atoms with Gasteiger partial charge in [-0.05, 0) is 30.5 Å². The summed E-state index contributed by atoms with van der Waals surface area (Å²) in [6.45, 7) is 4.44. The summed E-state index contributed by atoms with van der Waals surface area (Å²) in [5.74, 6) is 1.06. The smallest absolute Gasteiger partial charge is 0.150 e. The van der Waals surface area contributed by atoms with Gasteiger partial charge in [0.15, 0.2) is 0 Å². The number of hydrogen-bond acceptors (Lipinski definition) is 4. The molecular weight excluding hydrogens is 286 g/mol. The van der Waals surface area contributed by atoms with Gasteiger partial charge in [0.1, 0.15) is 12.1 Å². The van der Waals surface area contributed by atoms with Crippen LogP contribution in [0.2, 0.25) is 0 Å². The molecule has 0 N–H and O–H groups in total. The lowest BCUT2D eigenvalue weighted by Gasteiger charge is -2.35. The van der Waals surface area contributed by atoms with Crippen molar-refractivity contribution in [2.24, 2.45) is 0 Å². The number of hydrogen-bond donors (Lipinski definition) is 0. The molecule has 2 aliphatic rings. The molecule has 118 valence electrons. The lowest BCUT2D eigenvalue weighted by Crippen LogP contribution is -2.47. The molecule has 0 spiro atoms. The molecule has 1 aliphatic heterocycles. The van der Waals surface area contributed by atoms with Crippen LogP contribution in [0.15, 0.2) is 42.6 Å². The van der Waals surface area contributed by atoms with Gasteiger partial charge >= 0.3 is 0 Å². The van der Waals surface area contributed by atoms with Crippen LogP contribution in [0.1, 0.15) is 23.2 Å². The number of aldehydes is 1. The summed E-state index contributed by atoms with van der Waals surface area (Å²) in [5, 5.41) is 0. The second kappa shape index (κ2) is 6.13. The highest BCUT2D eigenvalue weighted by molar-refractivity contribution is 5.76. The quantitative estimate of drug-likeness (QED) is 0.814. The summed E-state index contributed by atoms with van der Waals surface area (Å²) in [6.07, 6.45) is 5.57. The molecule has 0 amide bonds. The van der Waals surface area contributed by atoms with Crippen LogP contribution in [-0.2, 0) is 0 Å². The maximum absolute atomic E-state index is 10.7. The zero-order valence-corrected chi connectivity index (χ0v) is 13.2. The van der Waals surface area contributed by atoms with Gasteiger partial charge in [0.05, 0.1) is 0 Å². The monoisotopic (exact) mass is 307 g/mol. The van der Waals surface area contributed by atoms with Gasteiger partial charge in [-0.15, -0.1) is 0 Å². The molecule has 1 aromatic heterocycles. The van der Waals surface area contributed by atoms with E-state index in [-0.39, 0.29) is 0 Å². The van der Waals surface area contributed by atoms with Crippen molar-refractivity contribution in [3.63, 3.8) is 0 Å². The van der Waals surface area contributed by atoms with Gasteiger partial charge in [0.25, 0.3) is 0 Å². The molecule has 0 bridgehead atoms. The Bertz CT molecular complexity index is 669. The van der Waals surface area contributed by atoms with Gasteiger partial charge in [-0.3, -0.25) is 9.69 Å². The SMILES string of the molecule is O=Cc1ccc(-c2ccc(N3CCN(C4CC4)CC3)nc2)cc1. The van der Waals surface area contributed by atoms with Gasteiger partial charge in [-0.25, -0.2) is 4.98 Å². The van der Waals surface area contributed by atoms with Crippen molar-refractivity contribution >= 4 is 12.1 Å². The van der Waals surface area contributed by atoms with E-state index < -0.39 is 0 Å². The van der Waals surface area contributed by atoms with E-state index in [0.717, 1.165) is 55.5 Å². The van der Waals surface area contributed by atoms with E-state index in [0.29, 0.717) is 5.56 Å². The van der Waals surface area contributed by atoms with Crippen molar-refractivity contribution in [3.05, 3.63) is 48.2 Å². The summed E-state index contributed by atoms with van der Waals surface area (Å²) in [5.41, 5.74) is 2.88. The first-order valence-corrected chi connectivity index (χ1v) is 8.34. The molecule has 23 heavy (non-hydrogen) atoms. The zero-order valence-electron chi connectivity index (χ0n) is 13.2. The van der Waals surface area contributed by atoms with Crippen LogP contribution >= 0.6 is 0 Å². The van der Waals surface area contributed by atoms with Crippen LogP contribution in [-0.4, -0.2) is 48.4 Å². The largest absolute Gasteiger partial charge is 0.354 e. The molecule has 0 radical (unpaired) electrons. The third-order valence-electron chi connectivity index (χ3n) is 4.83. The number of aromatic nitrogens is 1. The molecule has 4 heteroatoms. The van der Waals surface area contributed by atoms with Crippen LogP contribution in [0.25, 0.3) is 11.1 Å². The molecule has 2 heterocycles. The highest BCUT2D eigenvalue weighted by atomic mass is 16.1. The van der Waals surface area contributed by atoms with E-state index in [9.17, 15) is 4.79 Å². The normalized spacial score (nSPS) is 18.9. The standard InChI is InChI=1S/C19H21N3O/c23-14-15-1-3-16(4-2-15)17-5-8-19(20-13-17)22-11-9-21(10-12-22)18-6-7-18/h1-5,8,13-14,18H,6-7,9-12H2. The van der Waals surface area contributed by atoms with E-state index in [1.807, 2.05) is 30.5 Å². The fraction of sp³-hybridized carbons (Fsp3) is 0.368. The fourth-order valence-corrected chi connectivity index (χ4v) is 3.25. The number of nitrogens with zero attached hydrogens (tertiary/aromatic N) is 3. The van der Waals surface area contributed by atoms with Gasteiger partial charge in [0, 0.05) is 49.5 Å². The maximum Gasteiger partial charge on any atom is 0.150 e. The van der Waals surface area contributed by atoms with Crippen LogP contribution in [0.5, 0.6) is 0 Å². The Morgan fingerprint density at radius 2 is 1.61 bits per heavy atom. The Morgan fingerprint density at radius 1 is 0.913 bits per heavy atom. The van der Waals surface area contributed by atoms with Crippen LogP contribution in [0.3, 0.4) is 0 Å². The third-order valence-corrected chi connectivity index (χ3v) is 4.83. The van der Waals surface area contributed by atoms with Crippen LogP contribution in [0, 0.1) is 0 Å². The molecular formula is C19H21N3O. The number of piperazine rings is 1. The predicted molar refractivity (Wildman–Crippen MR) is 91.9 cm³/mol. The zero-order chi connectivity index (χ0) is 15.6. The van der Waals surface area contributed by atoms with Crippen molar-refractivity contribution in [2.45, 2.75) is 18.9 Å². The molecule has 0 unspecified atom stereocenters. The average molecular weight is 307 g/mol. The summed E-state index contributed by atoms with van der Waals surface area (Å²) in [6, 6.07) is 12.7. The molecule has 0 atom stereocenters. The maximum atomic E-state index is 10.7. The van der Waals surface area contributed by atoms with Gasteiger partial charge in [0.2, 0.25) is 0 Å². The number of anilines is 1. The van der Waals surface area contributed by atoms with Crippen LogP contribution in [0.4, 0.5) is 5.82 Å². The summed E-state index contributed by atoms with van der Waals surface area (Å²) in [4.78, 5) is 20.4. The van der Waals surface area contributed by atoms with Gasteiger partial charge < -0.3 is 4.90 Å². The minimum Gasteiger partial charge on any atom is -0.354 e. The first kappa shape index (κ1) is 14.4. The molecule has 4 rings (SSSR count). The highest BCUT2D eigenvalue weighted by Gasteiger charge is 2.31. The Hall–Kier alpha value is -2.20. The van der Waals surface area contributed by atoms with E-state index in [2.05, 4.69) is 26.9 Å². The number of carbonyl (C=O) groups excluding carboxylic acids is 1. The topological polar surface area (TPSA) is 36.4 Å². The lowest BCUT2D eigenvalue weighted by molar-refractivity contribution is 0.112. The van der Waals surface area contributed by atoms with Crippen molar-refractivity contribution in [1.29, 1.82) is 0 Å². The molecule has 4 nitrogen and oxygen atoms in total. The summed E-state index contributed by atoms with van der Waals surface area (Å²) < 4.78 is 0. The van der Waals surface area contributed by atoms with E-state index >= 15 is 0 Å². The molecule has 1 saturated carbocycles. The lowest BCUT2D eigenvalue weighted by atomic mass is 10.1. The van der Waals surface area contributed by atoms with Crippen molar-refractivity contribution < 1.29 is 4.79 Å². The predicted octanol–water partition coefficient (Wildman–Crippen LogP) is 2.85. The minimum atomic E-state index is 0.701. The van der Waals surface area contributed by atoms with Gasteiger partial charge in [-0.1, -0.05) is 24.3 Å². The average Bonchev–Trinajstić information content (AvgIpc) is 3.47. The minimum absolute atomic E-state index is 0.701. The Kier molecular flexibility index (Phi) is 3.83. The third kappa shape index (κ3) is 3.13. The molecule has 1 aliphatic carbocycles. The number of pyridine rings is 1. The summed E-state index contributed by atoms with van der Waals surface area (Å²) in [7, 11) is 0. The number of carbonyl (C=O) groups is 1. The highest BCUT2D eigenvalue weighted by Crippen LogP contribution is 2.28. The Labute approximate surface area is 136 Å². The molecule has 2 aromatic rings. The fourth-order valence-electron chi connectivity index (χ4n) is 3.25. The summed E-state index contributed by atoms with van der Waals surface area (Å²) >= 11 is 0. The number of benzene rings is 1. The van der Waals surface area contributed by atoms with E-state index in [1.165, 1.54) is 12.8 Å². The van der Waals surface area contributed by atoms with Crippen molar-refractivity contribution in [2.75, 3.05) is 31.1 Å². The molecule has 2 fully saturated rings. The van der Waals surface area contributed by atoms with Crippen LogP contribution < -0.4 is 4.90 Å². The van der Waals surface area contributed by atoms with Crippen molar-refractivity contribution in [3.8, 4) is 11.1 Å². The first-order valence-electron chi connectivity index (χ1n) is 8.34.